The second-order valence-electron chi connectivity index (χ2n) is 6.14. The maximum Gasteiger partial charge on any atom is 0.259 e. The van der Waals surface area contributed by atoms with E-state index in [-0.39, 0.29) is 5.91 Å². The summed E-state index contributed by atoms with van der Waals surface area (Å²) in [5.74, 6) is -0.102. The summed E-state index contributed by atoms with van der Waals surface area (Å²) in [6, 6.07) is 18.2. The number of anilines is 1. The van der Waals surface area contributed by atoms with E-state index in [1.54, 1.807) is 0 Å². The minimum absolute atomic E-state index is 0.102. The molecule has 4 heteroatoms. The smallest absolute Gasteiger partial charge is 0.259 e. The first kappa shape index (κ1) is 17.0. The molecule has 2 aromatic carbocycles. The first-order valence-corrected chi connectivity index (χ1v) is 8.57. The number of rotatable bonds is 5. The number of nitrogens with zero attached hydrogens (tertiary/aromatic N) is 2. The number of amides is 1. The number of carbonyl (C=O) groups is 1. The third-order valence-corrected chi connectivity index (χ3v) is 4.41. The molecule has 0 aliphatic heterocycles. The highest BCUT2D eigenvalue weighted by Gasteiger charge is 2.19. The maximum absolute atomic E-state index is 12.8. The molecule has 0 aliphatic rings. The Bertz CT molecular complexity index is 881. The van der Waals surface area contributed by atoms with E-state index in [2.05, 4.69) is 28.6 Å². The van der Waals surface area contributed by atoms with Crippen molar-refractivity contribution in [2.75, 3.05) is 5.32 Å². The molecular formula is C21H23N3O. The summed E-state index contributed by atoms with van der Waals surface area (Å²) < 4.78 is 1.86. The van der Waals surface area contributed by atoms with E-state index in [9.17, 15) is 4.79 Å². The number of aromatic nitrogens is 2. The van der Waals surface area contributed by atoms with E-state index in [1.807, 2.05) is 61.9 Å². The van der Waals surface area contributed by atoms with E-state index in [0.717, 1.165) is 35.6 Å². The Labute approximate surface area is 148 Å². The van der Waals surface area contributed by atoms with Gasteiger partial charge in [-0.3, -0.25) is 9.48 Å². The zero-order chi connectivity index (χ0) is 17.8. The summed E-state index contributed by atoms with van der Waals surface area (Å²) in [6.45, 7) is 6.60. The van der Waals surface area contributed by atoms with Gasteiger partial charge in [0.15, 0.2) is 0 Å². The summed E-state index contributed by atoms with van der Waals surface area (Å²) >= 11 is 0. The average Bonchev–Trinajstić information content (AvgIpc) is 2.91. The third kappa shape index (κ3) is 3.63. The van der Waals surface area contributed by atoms with Crippen molar-refractivity contribution in [3.8, 4) is 0 Å². The Balaban J connectivity index is 1.86. The molecule has 25 heavy (non-hydrogen) atoms. The van der Waals surface area contributed by atoms with Crippen molar-refractivity contribution in [3.05, 3.63) is 82.7 Å². The van der Waals surface area contributed by atoms with Crippen LogP contribution in [-0.4, -0.2) is 15.7 Å². The fraction of sp³-hybridized carbons (Fsp3) is 0.238. The van der Waals surface area contributed by atoms with Gasteiger partial charge < -0.3 is 5.32 Å². The lowest BCUT2D eigenvalue weighted by atomic mass is 10.0. The van der Waals surface area contributed by atoms with E-state index in [1.165, 1.54) is 5.56 Å². The molecule has 1 heterocycles. The zero-order valence-electron chi connectivity index (χ0n) is 14.9. The summed E-state index contributed by atoms with van der Waals surface area (Å²) in [7, 11) is 0. The summed E-state index contributed by atoms with van der Waals surface area (Å²) in [4.78, 5) is 12.8. The molecule has 0 radical (unpaired) electrons. The summed E-state index contributed by atoms with van der Waals surface area (Å²) in [5.41, 5.74) is 5.49. The highest BCUT2D eigenvalue weighted by molar-refractivity contribution is 6.06. The first-order chi connectivity index (χ1) is 12.1. The number of benzene rings is 2. The molecule has 0 atom stereocenters. The van der Waals surface area contributed by atoms with Gasteiger partial charge in [-0.1, -0.05) is 48.5 Å². The first-order valence-electron chi connectivity index (χ1n) is 8.57. The molecule has 0 spiro atoms. The molecular weight excluding hydrogens is 310 g/mol. The number of carbonyl (C=O) groups excluding carboxylic acids is 1. The van der Waals surface area contributed by atoms with Gasteiger partial charge >= 0.3 is 0 Å². The quantitative estimate of drug-likeness (QED) is 0.754. The summed E-state index contributed by atoms with van der Waals surface area (Å²) in [5, 5.41) is 7.51. The highest BCUT2D eigenvalue weighted by atomic mass is 16.1. The van der Waals surface area contributed by atoms with E-state index < -0.39 is 0 Å². The van der Waals surface area contributed by atoms with Crippen LogP contribution >= 0.6 is 0 Å². The van der Waals surface area contributed by atoms with Crippen LogP contribution in [0.15, 0.2) is 54.6 Å². The normalized spacial score (nSPS) is 10.7. The van der Waals surface area contributed by atoms with Crippen LogP contribution in [0.2, 0.25) is 0 Å². The van der Waals surface area contributed by atoms with Gasteiger partial charge in [-0.2, -0.15) is 5.10 Å². The van der Waals surface area contributed by atoms with Crippen LogP contribution in [0.5, 0.6) is 0 Å². The van der Waals surface area contributed by atoms with Gasteiger partial charge in [0.25, 0.3) is 5.91 Å². The average molecular weight is 333 g/mol. The zero-order valence-corrected chi connectivity index (χ0v) is 14.9. The number of nitrogens with one attached hydrogen (secondary N) is 1. The monoisotopic (exact) mass is 333 g/mol. The molecule has 3 aromatic rings. The number of hydrogen-bond acceptors (Lipinski definition) is 2. The predicted molar refractivity (Wildman–Crippen MR) is 101 cm³/mol. The molecule has 0 fully saturated rings. The molecule has 0 aliphatic carbocycles. The molecule has 128 valence electrons. The largest absolute Gasteiger partial charge is 0.322 e. The van der Waals surface area contributed by atoms with Crippen molar-refractivity contribution in [3.63, 3.8) is 0 Å². The molecule has 1 aromatic heterocycles. The number of para-hydroxylation sites is 1. The van der Waals surface area contributed by atoms with Gasteiger partial charge in [-0.25, -0.2) is 0 Å². The van der Waals surface area contributed by atoms with Gasteiger partial charge in [0, 0.05) is 17.9 Å². The molecule has 0 bridgehead atoms. The fourth-order valence-electron chi connectivity index (χ4n) is 3.13. The van der Waals surface area contributed by atoms with Crippen molar-refractivity contribution in [2.24, 2.45) is 0 Å². The van der Waals surface area contributed by atoms with Gasteiger partial charge in [0.2, 0.25) is 0 Å². The molecule has 1 N–H and O–H groups in total. The lowest BCUT2D eigenvalue weighted by Crippen LogP contribution is -2.15. The Hall–Kier alpha value is -2.88. The minimum Gasteiger partial charge on any atom is -0.322 e. The fourth-order valence-corrected chi connectivity index (χ4v) is 3.13. The van der Waals surface area contributed by atoms with Crippen molar-refractivity contribution in [1.82, 2.24) is 9.78 Å². The lowest BCUT2D eigenvalue weighted by molar-refractivity contribution is 0.102. The Morgan fingerprint density at radius 2 is 1.72 bits per heavy atom. The van der Waals surface area contributed by atoms with E-state index >= 15 is 0 Å². The van der Waals surface area contributed by atoms with Crippen LogP contribution in [0.25, 0.3) is 0 Å². The molecule has 3 rings (SSSR count). The molecule has 4 nitrogen and oxygen atoms in total. The topological polar surface area (TPSA) is 46.9 Å². The lowest BCUT2D eigenvalue weighted by Gasteiger charge is -2.11. The standard InChI is InChI=1S/C21H23N3O/c1-4-24-16(3)20(15(2)23-24)21(25)22-19-13-9-8-12-18(19)14-17-10-6-5-7-11-17/h5-13H,4,14H2,1-3H3,(H,22,25). The predicted octanol–water partition coefficient (Wildman–Crippen LogP) is 4.36. The van der Waals surface area contributed by atoms with E-state index in [0.29, 0.717) is 5.56 Å². The minimum atomic E-state index is -0.102. The van der Waals surface area contributed by atoms with Crippen LogP contribution in [0.4, 0.5) is 5.69 Å². The van der Waals surface area contributed by atoms with Crippen molar-refractivity contribution < 1.29 is 4.79 Å². The second kappa shape index (κ2) is 7.34. The molecule has 0 unspecified atom stereocenters. The number of aryl methyl sites for hydroxylation is 2. The molecule has 0 saturated heterocycles. The van der Waals surface area contributed by atoms with E-state index in [4.69, 9.17) is 0 Å². The SMILES string of the molecule is CCn1nc(C)c(C(=O)Nc2ccccc2Cc2ccccc2)c1C. The van der Waals surface area contributed by atoms with Crippen molar-refractivity contribution in [1.29, 1.82) is 0 Å². The van der Waals surface area contributed by atoms with Crippen molar-refractivity contribution >= 4 is 11.6 Å². The second-order valence-corrected chi connectivity index (χ2v) is 6.14. The van der Waals surface area contributed by atoms with Gasteiger partial charge in [-0.05, 0) is 44.4 Å². The van der Waals surface area contributed by atoms with Crippen LogP contribution in [-0.2, 0) is 13.0 Å². The van der Waals surface area contributed by atoms with Crippen LogP contribution in [0, 0.1) is 13.8 Å². The van der Waals surface area contributed by atoms with Crippen LogP contribution < -0.4 is 5.32 Å². The van der Waals surface area contributed by atoms with Gasteiger partial charge in [-0.15, -0.1) is 0 Å². The van der Waals surface area contributed by atoms with Crippen LogP contribution in [0.1, 0.15) is 39.8 Å². The Morgan fingerprint density at radius 1 is 1.04 bits per heavy atom. The highest BCUT2D eigenvalue weighted by Crippen LogP contribution is 2.21. The van der Waals surface area contributed by atoms with Crippen LogP contribution in [0.3, 0.4) is 0 Å². The molecule has 1 amide bonds. The third-order valence-electron chi connectivity index (χ3n) is 4.41. The Kier molecular flexibility index (Phi) is 4.98. The maximum atomic E-state index is 12.8. The van der Waals surface area contributed by atoms with Gasteiger partial charge in [0.1, 0.15) is 0 Å². The van der Waals surface area contributed by atoms with Crippen molar-refractivity contribution in [2.45, 2.75) is 33.7 Å². The summed E-state index contributed by atoms with van der Waals surface area (Å²) in [6.07, 6.45) is 0.781. The Morgan fingerprint density at radius 3 is 2.40 bits per heavy atom. The number of hydrogen-bond donors (Lipinski definition) is 1. The van der Waals surface area contributed by atoms with Gasteiger partial charge in [0.05, 0.1) is 11.3 Å². The molecule has 0 saturated carbocycles.